The van der Waals surface area contributed by atoms with Crippen LogP contribution < -0.4 is 5.32 Å². The molecule has 0 saturated heterocycles. The van der Waals surface area contributed by atoms with Crippen molar-refractivity contribution in [2.45, 2.75) is 19.9 Å². The van der Waals surface area contributed by atoms with Crippen molar-refractivity contribution in [1.29, 1.82) is 0 Å². The maximum absolute atomic E-state index is 13.0. The van der Waals surface area contributed by atoms with Gasteiger partial charge < -0.3 is 5.32 Å². The molecule has 0 bridgehead atoms. The highest BCUT2D eigenvalue weighted by molar-refractivity contribution is 5.94. The second-order valence-corrected chi connectivity index (χ2v) is 5.68. The minimum absolute atomic E-state index is 0.171. The minimum Gasteiger partial charge on any atom is -0.346 e. The Hall–Kier alpha value is -2.95. The van der Waals surface area contributed by atoms with Crippen LogP contribution in [0.3, 0.4) is 0 Å². The highest BCUT2D eigenvalue weighted by Gasteiger charge is 2.12. The average Bonchev–Trinajstić information content (AvgIpc) is 3.01. The van der Waals surface area contributed by atoms with E-state index in [0.29, 0.717) is 5.56 Å². The van der Waals surface area contributed by atoms with Gasteiger partial charge in [-0.1, -0.05) is 12.1 Å². The number of carbonyl (C=O) groups excluding carboxylic acids is 1. The van der Waals surface area contributed by atoms with Crippen LogP contribution in [-0.4, -0.2) is 15.7 Å². The van der Waals surface area contributed by atoms with E-state index in [2.05, 4.69) is 10.4 Å². The number of rotatable bonds is 4. The van der Waals surface area contributed by atoms with Gasteiger partial charge >= 0.3 is 0 Å². The van der Waals surface area contributed by atoms with Crippen LogP contribution in [0.4, 0.5) is 4.39 Å². The quantitative estimate of drug-likeness (QED) is 0.793. The second kappa shape index (κ2) is 6.66. The number of aryl methyl sites for hydroxylation is 1. The third-order valence-electron chi connectivity index (χ3n) is 3.92. The molecule has 0 unspecified atom stereocenters. The number of amides is 1. The Bertz CT molecular complexity index is 838. The van der Waals surface area contributed by atoms with Gasteiger partial charge in [-0.3, -0.25) is 4.79 Å². The molecule has 0 saturated carbocycles. The molecule has 1 atom stereocenters. The number of carbonyl (C=O) groups is 1. The molecule has 2 aromatic carbocycles. The molecule has 5 heteroatoms. The molecule has 4 nitrogen and oxygen atoms in total. The monoisotopic (exact) mass is 323 g/mol. The summed E-state index contributed by atoms with van der Waals surface area (Å²) in [4.78, 5) is 12.4. The SMILES string of the molecule is Cc1ccnn1-c1ccc(C(=O)N[C@H](C)c2ccc(F)cc2)cc1. The first kappa shape index (κ1) is 15.9. The van der Waals surface area contributed by atoms with Gasteiger partial charge in [-0.25, -0.2) is 9.07 Å². The van der Waals surface area contributed by atoms with Crippen LogP contribution in [0.1, 0.15) is 34.6 Å². The van der Waals surface area contributed by atoms with Crippen LogP contribution in [0.5, 0.6) is 0 Å². The van der Waals surface area contributed by atoms with Crippen LogP contribution in [-0.2, 0) is 0 Å². The summed E-state index contributed by atoms with van der Waals surface area (Å²) in [6, 6.07) is 15.1. The third kappa shape index (κ3) is 3.35. The molecular weight excluding hydrogens is 305 g/mol. The fraction of sp³-hybridized carbons (Fsp3) is 0.158. The Kier molecular flexibility index (Phi) is 4.42. The molecule has 0 aliphatic carbocycles. The van der Waals surface area contributed by atoms with Gasteiger partial charge in [0.25, 0.3) is 5.91 Å². The summed E-state index contributed by atoms with van der Waals surface area (Å²) in [5.41, 5.74) is 3.35. The molecule has 0 radical (unpaired) electrons. The fourth-order valence-corrected chi connectivity index (χ4v) is 2.51. The van der Waals surface area contributed by atoms with E-state index in [-0.39, 0.29) is 17.8 Å². The van der Waals surface area contributed by atoms with Gasteiger partial charge in [0, 0.05) is 17.5 Å². The first-order valence-corrected chi connectivity index (χ1v) is 7.72. The Balaban J connectivity index is 1.71. The van der Waals surface area contributed by atoms with Gasteiger partial charge in [0.1, 0.15) is 5.82 Å². The highest BCUT2D eigenvalue weighted by atomic mass is 19.1. The molecule has 0 aliphatic heterocycles. The zero-order valence-electron chi connectivity index (χ0n) is 13.5. The van der Waals surface area contributed by atoms with E-state index < -0.39 is 0 Å². The number of aromatic nitrogens is 2. The zero-order chi connectivity index (χ0) is 17.1. The summed E-state index contributed by atoms with van der Waals surface area (Å²) in [5.74, 6) is -0.461. The molecule has 1 amide bonds. The summed E-state index contributed by atoms with van der Waals surface area (Å²) < 4.78 is 14.8. The molecule has 0 fully saturated rings. The van der Waals surface area contributed by atoms with Crippen molar-refractivity contribution >= 4 is 5.91 Å². The van der Waals surface area contributed by atoms with Crippen LogP contribution in [0, 0.1) is 12.7 Å². The van der Waals surface area contributed by atoms with Gasteiger partial charge in [-0.2, -0.15) is 5.10 Å². The Labute approximate surface area is 139 Å². The number of nitrogens with zero attached hydrogens (tertiary/aromatic N) is 2. The predicted molar refractivity (Wildman–Crippen MR) is 90.6 cm³/mol. The van der Waals surface area contributed by atoms with E-state index >= 15 is 0 Å². The van der Waals surface area contributed by atoms with Crippen molar-refractivity contribution in [2.24, 2.45) is 0 Å². The molecule has 3 aromatic rings. The van der Waals surface area contributed by atoms with Crippen molar-refractivity contribution in [2.75, 3.05) is 0 Å². The summed E-state index contributed by atoms with van der Waals surface area (Å²) >= 11 is 0. The van der Waals surface area contributed by atoms with Crippen molar-refractivity contribution in [3.63, 3.8) is 0 Å². The van der Waals surface area contributed by atoms with Crippen molar-refractivity contribution in [3.05, 3.63) is 83.4 Å². The third-order valence-corrected chi connectivity index (χ3v) is 3.92. The molecule has 24 heavy (non-hydrogen) atoms. The lowest BCUT2D eigenvalue weighted by molar-refractivity contribution is 0.0940. The normalized spacial score (nSPS) is 12.0. The topological polar surface area (TPSA) is 46.9 Å². The minimum atomic E-state index is -0.290. The summed E-state index contributed by atoms with van der Waals surface area (Å²) in [7, 11) is 0. The lowest BCUT2D eigenvalue weighted by Crippen LogP contribution is -2.26. The largest absolute Gasteiger partial charge is 0.346 e. The average molecular weight is 323 g/mol. The molecule has 1 heterocycles. The van der Waals surface area contributed by atoms with E-state index in [9.17, 15) is 9.18 Å². The van der Waals surface area contributed by atoms with E-state index in [0.717, 1.165) is 16.9 Å². The summed E-state index contributed by atoms with van der Waals surface area (Å²) in [6.45, 7) is 3.84. The second-order valence-electron chi connectivity index (χ2n) is 5.68. The molecule has 0 spiro atoms. The highest BCUT2D eigenvalue weighted by Crippen LogP contribution is 2.15. The summed E-state index contributed by atoms with van der Waals surface area (Å²) in [5, 5.41) is 7.15. The Morgan fingerprint density at radius 2 is 1.75 bits per heavy atom. The first-order valence-electron chi connectivity index (χ1n) is 7.72. The van der Waals surface area contributed by atoms with E-state index in [4.69, 9.17) is 0 Å². The van der Waals surface area contributed by atoms with Crippen LogP contribution >= 0.6 is 0 Å². The molecule has 1 N–H and O–H groups in total. The lowest BCUT2D eigenvalue weighted by atomic mass is 10.1. The van der Waals surface area contributed by atoms with Gasteiger partial charge in [0.15, 0.2) is 0 Å². The van der Waals surface area contributed by atoms with E-state index in [1.165, 1.54) is 12.1 Å². The maximum atomic E-state index is 13.0. The number of benzene rings is 2. The Morgan fingerprint density at radius 3 is 2.33 bits per heavy atom. The van der Waals surface area contributed by atoms with E-state index in [1.807, 2.05) is 36.7 Å². The predicted octanol–water partition coefficient (Wildman–Crippen LogP) is 3.81. The molecular formula is C19H18FN3O. The van der Waals surface area contributed by atoms with Gasteiger partial charge in [0.05, 0.1) is 11.7 Å². The fourth-order valence-electron chi connectivity index (χ4n) is 2.51. The van der Waals surface area contributed by atoms with Crippen LogP contribution in [0.2, 0.25) is 0 Å². The molecule has 3 rings (SSSR count). The molecule has 0 aliphatic rings. The standard InChI is InChI=1S/C19H18FN3O/c1-13-11-12-21-23(13)18-9-5-16(6-10-18)19(24)22-14(2)15-3-7-17(20)8-4-15/h3-12,14H,1-2H3,(H,22,24)/t14-/m1/s1. The lowest BCUT2D eigenvalue weighted by Gasteiger charge is -2.14. The first-order chi connectivity index (χ1) is 11.5. The molecule has 122 valence electrons. The van der Waals surface area contributed by atoms with Gasteiger partial charge in [-0.15, -0.1) is 0 Å². The van der Waals surface area contributed by atoms with Crippen LogP contribution in [0.15, 0.2) is 60.8 Å². The smallest absolute Gasteiger partial charge is 0.251 e. The number of halogens is 1. The van der Waals surface area contributed by atoms with Gasteiger partial charge in [-0.05, 0) is 61.9 Å². The summed E-state index contributed by atoms with van der Waals surface area (Å²) in [6.07, 6.45) is 1.74. The van der Waals surface area contributed by atoms with Crippen molar-refractivity contribution in [3.8, 4) is 5.69 Å². The zero-order valence-corrected chi connectivity index (χ0v) is 13.5. The van der Waals surface area contributed by atoms with E-state index in [1.54, 1.807) is 30.5 Å². The number of hydrogen-bond donors (Lipinski definition) is 1. The van der Waals surface area contributed by atoms with Gasteiger partial charge in [0.2, 0.25) is 0 Å². The van der Waals surface area contributed by atoms with Crippen molar-refractivity contribution in [1.82, 2.24) is 15.1 Å². The number of hydrogen-bond acceptors (Lipinski definition) is 2. The molecule has 1 aromatic heterocycles. The number of nitrogens with one attached hydrogen (secondary N) is 1. The Morgan fingerprint density at radius 1 is 1.08 bits per heavy atom. The van der Waals surface area contributed by atoms with Crippen LogP contribution in [0.25, 0.3) is 5.69 Å². The van der Waals surface area contributed by atoms with Crippen molar-refractivity contribution < 1.29 is 9.18 Å². The maximum Gasteiger partial charge on any atom is 0.251 e.